The minimum Gasteiger partial charge on any atom is -0.481 e. The molecule has 0 spiro atoms. The smallest absolute Gasteiger partial charge is 0.303 e. The fourth-order valence-electron chi connectivity index (χ4n) is 1.59. The number of amides is 2. The molecule has 0 aliphatic heterocycles. The number of rotatable bonds is 7. The van der Waals surface area contributed by atoms with E-state index in [9.17, 15) is 18.8 Å². The Labute approximate surface area is 114 Å². The third kappa shape index (κ3) is 5.47. The van der Waals surface area contributed by atoms with E-state index in [0.717, 1.165) is 0 Å². The SMILES string of the molecule is NC(=O)[C@H](CCC(=O)O)NC(=O)Cc1ccc(F)cc1. The Kier molecular flexibility index (Phi) is 5.64. The van der Waals surface area contributed by atoms with Gasteiger partial charge in [-0.1, -0.05) is 12.1 Å². The lowest BCUT2D eigenvalue weighted by atomic mass is 10.1. The maximum absolute atomic E-state index is 12.7. The number of carbonyl (C=O) groups excluding carboxylic acids is 2. The molecule has 0 aromatic heterocycles. The van der Waals surface area contributed by atoms with Crippen molar-refractivity contribution >= 4 is 17.8 Å². The maximum Gasteiger partial charge on any atom is 0.303 e. The van der Waals surface area contributed by atoms with Crippen LogP contribution >= 0.6 is 0 Å². The van der Waals surface area contributed by atoms with Crippen molar-refractivity contribution in [1.82, 2.24) is 5.32 Å². The molecule has 6 nitrogen and oxygen atoms in total. The third-order valence-electron chi connectivity index (χ3n) is 2.60. The van der Waals surface area contributed by atoms with Gasteiger partial charge in [0.15, 0.2) is 0 Å². The van der Waals surface area contributed by atoms with E-state index in [1.165, 1.54) is 24.3 Å². The highest BCUT2D eigenvalue weighted by Crippen LogP contribution is 2.04. The number of carbonyl (C=O) groups is 3. The van der Waals surface area contributed by atoms with E-state index in [-0.39, 0.29) is 19.3 Å². The quantitative estimate of drug-likeness (QED) is 0.663. The molecule has 1 atom stereocenters. The Bertz CT molecular complexity index is 502. The van der Waals surface area contributed by atoms with Crippen LogP contribution in [0.3, 0.4) is 0 Å². The molecule has 0 unspecified atom stereocenters. The fraction of sp³-hybridized carbons (Fsp3) is 0.308. The Balaban J connectivity index is 2.55. The average molecular weight is 282 g/mol. The molecule has 0 fully saturated rings. The Morgan fingerprint density at radius 3 is 2.35 bits per heavy atom. The number of primary amides is 1. The van der Waals surface area contributed by atoms with Gasteiger partial charge in [0.2, 0.25) is 11.8 Å². The molecule has 4 N–H and O–H groups in total. The number of carboxylic acids is 1. The number of aliphatic carboxylic acids is 1. The van der Waals surface area contributed by atoms with Crippen molar-refractivity contribution in [3.63, 3.8) is 0 Å². The van der Waals surface area contributed by atoms with Crippen LogP contribution in [-0.4, -0.2) is 28.9 Å². The van der Waals surface area contributed by atoms with Gasteiger partial charge >= 0.3 is 5.97 Å². The molecule has 20 heavy (non-hydrogen) atoms. The molecule has 1 aromatic carbocycles. The first-order valence-electron chi connectivity index (χ1n) is 5.93. The third-order valence-corrected chi connectivity index (χ3v) is 2.60. The molecular formula is C13H15FN2O4. The van der Waals surface area contributed by atoms with Crippen molar-refractivity contribution in [2.75, 3.05) is 0 Å². The zero-order chi connectivity index (χ0) is 15.1. The van der Waals surface area contributed by atoms with Crippen molar-refractivity contribution in [3.8, 4) is 0 Å². The van der Waals surface area contributed by atoms with Gasteiger partial charge in [-0.05, 0) is 24.1 Å². The van der Waals surface area contributed by atoms with Crippen LogP contribution in [0.4, 0.5) is 4.39 Å². The molecule has 0 aliphatic carbocycles. The number of nitrogens with two attached hydrogens (primary N) is 1. The van der Waals surface area contributed by atoms with E-state index >= 15 is 0 Å². The molecule has 0 bridgehead atoms. The van der Waals surface area contributed by atoms with E-state index in [1.807, 2.05) is 0 Å². The monoisotopic (exact) mass is 282 g/mol. The Morgan fingerprint density at radius 1 is 1.25 bits per heavy atom. The topological polar surface area (TPSA) is 109 Å². The molecule has 108 valence electrons. The van der Waals surface area contributed by atoms with Gasteiger partial charge in [0.1, 0.15) is 11.9 Å². The van der Waals surface area contributed by atoms with Crippen LogP contribution in [0.2, 0.25) is 0 Å². The number of hydrogen-bond donors (Lipinski definition) is 3. The molecular weight excluding hydrogens is 267 g/mol. The summed E-state index contributed by atoms with van der Waals surface area (Å²) in [7, 11) is 0. The van der Waals surface area contributed by atoms with E-state index in [4.69, 9.17) is 10.8 Å². The molecule has 0 saturated heterocycles. The summed E-state index contributed by atoms with van der Waals surface area (Å²) in [4.78, 5) is 33.2. The first-order valence-corrected chi connectivity index (χ1v) is 5.93. The van der Waals surface area contributed by atoms with Gasteiger partial charge in [-0.3, -0.25) is 14.4 Å². The number of hydrogen-bond acceptors (Lipinski definition) is 3. The van der Waals surface area contributed by atoms with Crippen LogP contribution in [0.15, 0.2) is 24.3 Å². The van der Waals surface area contributed by atoms with Crippen LogP contribution in [0, 0.1) is 5.82 Å². The highest BCUT2D eigenvalue weighted by molar-refractivity contribution is 5.87. The zero-order valence-electron chi connectivity index (χ0n) is 10.6. The highest BCUT2D eigenvalue weighted by Gasteiger charge is 2.19. The van der Waals surface area contributed by atoms with Gasteiger partial charge in [-0.2, -0.15) is 0 Å². The Morgan fingerprint density at radius 2 is 1.85 bits per heavy atom. The van der Waals surface area contributed by atoms with Gasteiger partial charge in [-0.15, -0.1) is 0 Å². The second-order valence-corrected chi connectivity index (χ2v) is 4.26. The molecule has 1 aromatic rings. The average Bonchev–Trinajstić information content (AvgIpc) is 2.36. The van der Waals surface area contributed by atoms with Crippen molar-refractivity contribution in [1.29, 1.82) is 0 Å². The lowest BCUT2D eigenvalue weighted by molar-refractivity contribution is -0.137. The highest BCUT2D eigenvalue weighted by atomic mass is 19.1. The van der Waals surface area contributed by atoms with Crippen LogP contribution in [0.1, 0.15) is 18.4 Å². The van der Waals surface area contributed by atoms with Crippen molar-refractivity contribution in [2.45, 2.75) is 25.3 Å². The molecule has 7 heteroatoms. The van der Waals surface area contributed by atoms with Gasteiger partial charge in [-0.25, -0.2) is 4.39 Å². The summed E-state index contributed by atoms with van der Waals surface area (Å²) in [6, 6.07) is 4.31. The van der Waals surface area contributed by atoms with Crippen molar-refractivity contribution in [3.05, 3.63) is 35.6 Å². The summed E-state index contributed by atoms with van der Waals surface area (Å²) < 4.78 is 12.7. The summed E-state index contributed by atoms with van der Waals surface area (Å²) >= 11 is 0. The number of halogens is 1. The molecule has 0 radical (unpaired) electrons. The van der Waals surface area contributed by atoms with E-state index in [1.54, 1.807) is 0 Å². The first kappa shape index (κ1) is 15.6. The van der Waals surface area contributed by atoms with Gasteiger partial charge in [0.25, 0.3) is 0 Å². The van der Waals surface area contributed by atoms with Crippen LogP contribution in [0.5, 0.6) is 0 Å². The fourth-order valence-corrected chi connectivity index (χ4v) is 1.59. The van der Waals surface area contributed by atoms with Crippen LogP contribution in [-0.2, 0) is 20.8 Å². The second kappa shape index (κ2) is 7.22. The summed E-state index contributed by atoms with van der Waals surface area (Å²) in [6.07, 6.45) is -0.388. The van der Waals surface area contributed by atoms with E-state index < -0.39 is 29.6 Å². The lowest BCUT2D eigenvalue weighted by Gasteiger charge is -2.14. The minimum atomic E-state index is -1.08. The first-order chi connectivity index (χ1) is 9.38. The van der Waals surface area contributed by atoms with Gasteiger partial charge in [0, 0.05) is 6.42 Å². The number of carboxylic acid groups (broad SMARTS) is 1. The number of nitrogens with one attached hydrogen (secondary N) is 1. The zero-order valence-corrected chi connectivity index (χ0v) is 10.6. The minimum absolute atomic E-state index is 0.0445. The lowest BCUT2D eigenvalue weighted by Crippen LogP contribution is -2.45. The predicted molar refractivity (Wildman–Crippen MR) is 68.1 cm³/mol. The predicted octanol–water partition coefficient (Wildman–Crippen LogP) is 0.203. The van der Waals surface area contributed by atoms with Crippen LogP contribution in [0.25, 0.3) is 0 Å². The van der Waals surface area contributed by atoms with Gasteiger partial charge in [0.05, 0.1) is 6.42 Å². The van der Waals surface area contributed by atoms with Gasteiger partial charge < -0.3 is 16.2 Å². The van der Waals surface area contributed by atoms with Crippen LogP contribution < -0.4 is 11.1 Å². The number of benzene rings is 1. The molecule has 0 heterocycles. The van der Waals surface area contributed by atoms with Crippen molar-refractivity contribution in [2.24, 2.45) is 5.73 Å². The molecule has 1 rings (SSSR count). The van der Waals surface area contributed by atoms with Crippen molar-refractivity contribution < 1.29 is 23.9 Å². The summed E-state index contributed by atoms with van der Waals surface area (Å²) in [5, 5.41) is 10.9. The normalized spacial score (nSPS) is 11.7. The summed E-state index contributed by atoms with van der Waals surface area (Å²) in [5.74, 6) is -2.76. The summed E-state index contributed by atoms with van der Waals surface area (Å²) in [5.41, 5.74) is 5.66. The second-order valence-electron chi connectivity index (χ2n) is 4.26. The largest absolute Gasteiger partial charge is 0.481 e. The molecule has 0 saturated carbocycles. The summed E-state index contributed by atoms with van der Waals surface area (Å²) in [6.45, 7) is 0. The van der Waals surface area contributed by atoms with E-state index in [2.05, 4.69) is 5.32 Å². The standard InChI is InChI=1S/C13H15FN2O4/c14-9-3-1-8(2-4-9)7-11(17)16-10(13(15)20)5-6-12(18)19/h1-4,10H,5-7H2,(H2,15,20)(H,16,17)(H,18,19)/t10-/m0/s1. The molecule has 0 aliphatic rings. The maximum atomic E-state index is 12.7. The van der Waals surface area contributed by atoms with E-state index in [0.29, 0.717) is 5.56 Å². The Hall–Kier alpha value is -2.44. The molecule has 2 amide bonds.